The molecule has 3 aromatic rings. The molecule has 1 heterocycles. The third kappa shape index (κ3) is 5.93. The van der Waals surface area contributed by atoms with Crippen molar-refractivity contribution < 1.29 is 21.6 Å². The van der Waals surface area contributed by atoms with E-state index in [4.69, 9.17) is 0 Å². The van der Waals surface area contributed by atoms with Gasteiger partial charge in [0.1, 0.15) is 5.52 Å². The molecule has 0 radical (unpaired) electrons. The van der Waals surface area contributed by atoms with E-state index in [2.05, 4.69) is 4.98 Å². The van der Waals surface area contributed by atoms with Crippen LogP contribution >= 0.6 is 23.7 Å². The second-order valence-electron chi connectivity index (χ2n) is 7.94. The van der Waals surface area contributed by atoms with Gasteiger partial charge in [-0.1, -0.05) is 17.4 Å². The Morgan fingerprint density at radius 2 is 1.56 bits per heavy atom. The average Bonchev–Trinajstić information content (AvgIpc) is 3.16. The number of fused-ring (bicyclic) bond motifs is 1. The standard InChI is InChI=1S/C21H26N4O5S3.ClH/c1-23(2)13-14-25(20(26)15-9-11-16(12-10-15)33(29,30)24(3)4)21-22-19-17(31-21)7-6-8-18(19)32(5,27)28;/h6-12H,13-14H2,1-5H3;1H. The number of sulfonamides is 1. The number of amides is 1. The van der Waals surface area contributed by atoms with Crippen LogP contribution in [0.15, 0.2) is 52.3 Å². The molecule has 1 amide bonds. The van der Waals surface area contributed by atoms with Gasteiger partial charge >= 0.3 is 0 Å². The topological polar surface area (TPSA) is 108 Å². The molecule has 2 aromatic carbocycles. The molecule has 0 saturated heterocycles. The molecule has 34 heavy (non-hydrogen) atoms. The summed E-state index contributed by atoms with van der Waals surface area (Å²) < 4.78 is 50.8. The molecule has 0 bridgehead atoms. The van der Waals surface area contributed by atoms with Gasteiger partial charge in [0.2, 0.25) is 10.0 Å². The summed E-state index contributed by atoms with van der Waals surface area (Å²) >= 11 is 1.23. The van der Waals surface area contributed by atoms with Crippen LogP contribution in [-0.2, 0) is 19.9 Å². The molecule has 13 heteroatoms. The number of likely N-dealkylation sites (N-methyl/N-ethyl adjacent to an activating group) is 1. The first-order chi connectivity index (χ1) is 15.3. The molecule has 0 spiro atoms. The van der Waals surface area contributed by atoms with E-state index in [-0.39, 0.29) is 28.1 Å². The number of hydrogen-bond donors (Lipinski definition) is 0. The summed E-state index contributed by atoms with van der Waals surface area (Å²) in [6.45, 7) is 0.866. The Kier molecular flexibility index (Phi) is 8.83. The monoisotopic (exact) mass is 546 g/mol. The number of rotatable bonds is 8. The molecule has 9 nitrogen and oxygen atoms in total. The Morgan fingerprint density at radius 3 is 2.09 bits per heavy atom. The van der Waals surface area contributed by atoms with Crippen molar-refractivity contribution in [2.45, 2.75) is 9.79 Å². The van der Waals surface area contributed by atoms with E-state index in [9.17, 15) is 21.6 Å². The van der Waals surface area contributed by atoms with Crippen LogP contribution in [-0.4, -0.2) is 84.5 Å². The molecule has 0 fully saturated rings. The molecule has 186 valence electrons. The predicted octanol–water partition coefficient (Wildman–Crippen LogP) is 2.58. The maximum absolute atomic E-state index is 13.4. The summed E-state index contributed by atoms with van der Waals surface area (Å²) in [5.41, 5.74) is 0.629. The van der Waals surface area contributed by atoms with Crippen molar-refractivity contribution in [1.29, 1.82) is 0 Å². The second-order valence-corrected chi connectivity index (χ2v) is 13.1. The molecule has 0 aliphatic rings. The lowest BCUT2D eigenvalue weighted by Gasteiger charge is -2.22. The summed E-state index contributed by atoms with van der Waals surface area (Å²) in [6, 6.07) is 10.6. The van der Waals surface area contributed by atoms with Crippen molar-refractivity contribution in [1.82, 2.24) is 14.2 Å². The lowest BCUT2D eigenvalue weighted by molar-refractivity contribution is 0.0985. The largest absolute Gasteiger partial charge is 0.308 e. The Morgan fingerprint density at radius 1 is 0.941 bits per heavy atom. The summed E-state index contributed by atoms with van der Waals surface area (Å²) in [7, 11) is -0.472. The summed E-state index contributed by atoms with van der Waals surface area (Å²) in [4.78, 5) is 21.5. The van der Waals surface area contributed by atoms with Crippen LogP contribution in [0.25, 0.3) is 10.2 Å². The van der Waals surface area contributed by atoms with Crippen LogP contribution < -0.4 is 4.90 Å². The first-order valence-electron chi connectivity index (χ1n) is 9.91. The molecular weight excluding hydrogens is 520 g/mol. The lowest BCUT2D eigenvalue weighted by atomic mass is 10.2. The number of thiazole rings is 1. The van der Waals surface area contributed by atoms with Gasteiger partial charge in [0, 0.05) is 39.0 Å². The van der Waals surface area contributed by atoms with E-state index in [1.165, 1.54) is 60.7 Å². The van der Waals surface area contributed by atoms with Gasteiger partial charge in [0.05, 0.1) is 14.5 Å². The van der Waals surface area contributed by atoms with Gasteiger partial charge in [-0.25, -0.2) is 26.1 Å². The molecule has 3 rings (SSSR count). The fraction of sp³-hybridized carbons (Fsp3) is 0.333. The molecule has 0 aliphatic heterocycles. The Hall–Kier alpha value is -2.09. The van der Waals surface area contributed by atoms with Crippen molar-refractivity contribution in [2.24, 2.45) is 0 Å². The number of para-hydroxylation sites is 1. The Balaban J connectivity index is 0.00000408. The average molecular weight is 547 g/mol. The molecule has 0 N–H and O–H groups in total. The van der Waals surface area contributed by atoms with E-state index in [1.807, 2.05) is 19.0 Å². The van der Waals surface area contributed by atoms with E-state index in [0.717, 1.165) is 10.6 Å². The summed E-state index contributed by atoms with van der Waals surface area (Å²) in [6.07, 6.45) is 1.12. The molecule has 1 aromatic heterocycles. The number of anilines is 1. The highest BCUT2D eigenvalue weighted by Crippen LogP contribution is 2.33. The highest BCUT2D eigenvalue weighted by Gasteiger charge is 2.24. The number of carbonyl (C=O) groups is 1. The van der Waals surface area contributed by atoms with Crippen molar-refractivity contribution >= 4 is 64.9 Å². The minimum Gasteiger partial charge on any atom is -0.308 e. The van der Waals surface area contributed by atoms with Crippen LogP contribution in [0.4, 0.5) is 5.13 Å². The number of benzene rings is 2. The highest BCUT2D eigenvalue weighted by atomic mass is 35.5. The quantitative estimate of drug-likeness (QED) is 0.427. The van der Waals surface area contributed by atoms with Crippen LogP contribution in [0.1, 0.15) is 10.4 Å². The Labute approximate surface area is 210 Å². The normalized spacial score (nSPS) is 12.2. The van der Waals surface area contributed by atoms with Gasteiger partial charge < -0.3 is 4.90 Å². The zero-order chi connectivity index (χ0) is 24.6. The lowest BCUT2D eigenvalue weighted by Crippen LogP contribution is -2.36. The molecule has 0 atom stereocenters. The third-order valence-electron chi connectivity index (χ3n) is 4.90. The zero-order valence-corrected chi connectivity index (χ0v) is 22.7. The van der Waals surface area contributed by atoms with E-state index < -0.39 is 19.9 Å². The van der Waals surface area contributed by atoms with E-state index in [0.29, 0.717) is 34.0 Å². The van der Waals surface area contributed by atoms with Crippen molar-refractivity contribution in [3.63, 3.8) is 0 Å². The third-order valence-corrected chi connectivity index (χ3v) is 8.90. The first-order valence-corrected chi connectivity index (χ1v) is 14.1. The second kappa shape index (κ2) is 10.7. The van der Waals surface area contributed by atoms with Crippen LogP contribution in [0.2, 0.25) is 0 Å². The maximum Gasteiger partial charge on any atom is 0.260 e. The first kappa shape index (κ1) is 28.1. The van der Waals surface area contributed by atoms with E-state index >= 15 is 0 Å². The minimum atomic E-state index is -3.61. The smallest absolute Gasteiger partial charge is 0.260 e. The number of aromatic nitrogens is 1. The SMILES string of the molecule is CN(C)CCN(C(=O)c1ccc(S(=O)(=O)N(C)C)cc1)c1nc2c(S(C)(=O)=O)cccc2s1.Cl. The summed E-state index contributed by atoms with van der Waals surface area (Å²) in [5, 5.41) is 0.373. The number of sulfone groups is 1. The molecule has 0 aliphatic carbocycles. The number of carbonyl (C=O) groups excluding carboxylic acids is 1. The fourth-order valence-electron chi connectivity index (χ4n) is 3.05. The van der Waals surface area contributed by atoms with Gasteiger partial charge in [0.15, 0.2) is 15.0 Å². The van der Waals surface area contributed by atoms with Crippen LogP contribution in [0.3, 0.4) is 0 Å². The fourth-order valence-corrected chi connectivity index (χ4v) is 5.86. The van der Waals surface area contributed by atoms with Crippen molar-refractivity contribution in [2.75, 3.05) is 52.4 Å². The van der Waals surface area contributed by atoms with Gasteiger partial charge in [-0.05, 0) is 50.5 Å². The number of halogens is 1. The van der Waals surface area contributed by atoms with Gasteiger partial charge in [0.25, 0.3) is 5.91 Å². The maximum atomic E-state index is 13.4. The van der Waals surface area contributed by atoms with Crippen LogP contribution in [0.5, 0.6) is 0 Å². The van der Waals surface area contributed by atoms with Gasteiger partial charge in [-0.3, -0.25) is 9.69 Å². The summed E-state index contributed by atoms with van der Waals surface area (Å²) in [5.74, 6) is -0.356. The van der Waals surface area contributed by atoms with E-state index in [1.54, 1.807) is 12.1 Å². The van der Waals surface area contributed by atoms with Crippen molar-refractivity contribution in [3.05, 3.63) is 48.0 Å². The van der Waals surface area contributed by atoms with Crippen molar-refractivity contribution in [3.8, 4) is 0 Å². The number of hydrogen-bond acceptors (Lipinski definition) is 8. The highest BCUT2D eigenvalue weighted by molar-refractivity contribution is 7.91. The van der Waals surface area contributed by atoms with Gasteiger partial charge in [-0.2, -0.15) is 0 Å². The molecule has 0 unspecified atom stereocenters. The molecule has 0 saturated carbocycles. The zero-order valence-electron chi connectivity index (χ0n) is 19.4. The number of nitrogens with zero attached hydrogens (tertiary/aromatic N) is 4. The Bertz CT molecular complexity index is 1390. The minimum absolute atomic E-state index is 0. The molecular formula is C21H27ClN4O5S3. The van der Waals surface area contributed by atoms with Gasteiger partial charge in [-0.15, -0.1) is 12.4 Å². The predicted molar refractivity (Wildman–Crippen MR) is 138 cm³/mol. The van der Waals surface area contributed by atoms with Crippen LogP contribution in [0, 0.1) is 0 Å².